The zero-order valence-electron chi connectivity index (χ0n) is 8.65. The molecule has 7 nitrogen and oxygen atoms in total. The summed E-state index contributed by atoms with van der Waals surface area (Å²) in [6, 6.07) is 2.53. The Balaban J connectivity index is 2.79. The van der Waals surface area contributed by atoms with Crippen LogP contribution in [0, 0.1) is 10.1 Å². The average molecular weight is 255 g/mol. The number of H-pyrrole nitrogens is 1. The number of anilines is 1. The van der Waals surface area contributed by atoms with Crippen LogP contribution in [0.15, 0.2) is 16.9 Å². The summed E-state index contributed by atoms with van der Waals surface area (Å²) in [6.45, 7) is 0. The maximum atomic E-state index is 11.4. The van der Waals surface area contributed by atoms with E-state index in [2.05, 4.69) is 15.3 Å². The molecule has 0 amide bonds. The molecule has 0 aliphatic heterocycles. The molecule has 2 rings (SSSR count). The number of nitro benzene ring substituents is 1. The summed E-state index contributed by atoms with van der Waals surface area (Å²) in [7, 11) is 1.55. The van der Waals surface area contributed by atoms with E-state index in [0.717, 1.165) is 0 Å². The number of nitro groups is 1. The predicted molar refractivity (Wildman–Crippen MR) is 63.6 cm³/mol. The van der Waals surface area contributed by atoms with Crippen molar-refractivity contribution in [1.29, 1.82) is 0 Å². The Morgan fingerprint density at radius 1 is 1.53 bits per heavy atom. The van der Waals surface area contributed by atoms with Gasteiger partial charge < -0.3 is 10.3 Å². The van der Waals surface area contributed by atoms with Gasteiger partial charge in [0.2, 0.25) is 0 Å². The van der Waals surface area contributed by atoms with Gasteiger partial charge in [0.05, 0.1) is 16.0 Å². The summed E-state index contributed by atoms with van der Waals surface area (Å²) in [6.07, 6.45) is 0. The molecule has 0 bridgehead atoms. The summed E-state index contributed by atoms with van der Waals surface area (Å²) >= 11 is 5.74. The minimum Gasteiger partial charge on any atom is -0.369 e. The van der Waals surface area contributed by atoms with Crippen molar-refractivity contribution in [2.24, 2.45) is 0 Å². The standard InChI is InChI=1S/C9H7ClN4O3/c1-11-8-9(15)13-6-3-7(14(16)17)4(10)2-5(6)12-8/h2-3H,1H3,(H,11,12)(H,13,15). The number of fused-ring (bicyclic) bond motifs is 1. The Morgan fingerprint density at radius 3 is 2.82 bits per heavy atom. The van der Waals surface area contributed by atoms with Crippen LogP contribution in [0.25, 0.3) is 11.0 Å². The topological polar surface area (TPSA) is 101 Å². The van der Waals surface area contributed by atoms with Crippen LogP contribution in [0.2, 0.25) is 5.02 Å². The number of hydrogen-bond acceptors (Lipinski definition) is 5. The minimum absolute atomic E-state index is 0.0240. The number of benzene rings is 1. The van der Waals surface area contributed by atoms with Crippen molar-refractivity contribution in [2.45, 2.75) is 0 Å². The van der Waals surface area contributed by atoms with E-state index in [-0.39, 0.29) is 22.0 Å². The molecule has 0 fully saturated rings. The van der Waals surface area contributed by atoms with Crippen molar-refractivity contribution < 1.29 is 4.92 Å². The van der Waals surface area contributed by atoms with Crippen molar-refractivity contribution in [3.63, 3.8) is 0 Å². The Bertz CT molecular complexity index is 667. The number of nitrogens with one attached hydrogen (secondary N) is 2. The molecule has 0 radical (unpaired) electrons. The first-order valence-electron chi connectivity index (χ1n) is 4.58. The van der Waals surface area contributed by atoms with Gasteiger partial charge in [0.15, 0.2) is 5.82 Å². The van der Waals surface area contributed by atoms with Gasteiger partial charge in [-0.2, -0.15) is 0 Å². The van der Waals surface area contributed by atoms with E-state index in [4.69, 9.17) is 11.6 Å². The molecular formula is C9H7ClN4O3. The van der Waals surface area contributed by atoms with E-state index in [1.165, 1.54) is 12.1 Å². The Kier molecular flexibility index (Phi) is 2.68. The molecule has 0 aliphatic rings. The maximum Gasteiger partial charge on any atom is 0.291 e. The molecule has 1 aromatic heterocycles. The molecule has 88 valence electrons. The van der Waals surface area contributed by atoms with E-state index in [1.807, 2.05) is 0 Å². The number of hydrogen-bond donors (Lipinski definition) is 2. The summed E-state index contributed by atoms with van der Waals surface area (Å²) in [5.41, 5.74) is -0.0694. The zero-order valence-corrected chi connectivity index (χ0v) is 9.41. The number of aromatic amines is 1. The SMILES string of the molecule is CNc1nc2cc(Cl)c([N+](=O)[O-])cc2[nH]c1=O. The summed E-state index contributed by atoms with van der Waals surface area (Å²) < 4.78 is 0. The fourth-order valence-electron chi connectivity index (χ4n) is 1.41. The molecule has 17 heavy (non-hydrogen) atoms. The Labute approximate surface area is 99.6 Å². The lowest BCUT2D eigenvalue weighted by molar-refractivity contribution is -0.384. The molecule has 0 unspecified atom stereocenters. The van der Waals surface area contributed by atoms with E-state index < -0.39 is 10.5 Å². The molecule has 0 spiro atoms. The summed E-state index contributed by atoms with van der Waals surface area (Å²) in [5.74, 6) is 0.127. The fraction of sp³-hybridized carbons (Fsp3) is 0.111. The first-order valence-corrected chi connectivity index (χ1v) is 4.96. The van der Waals surface area contributed by atoms with Crippen LogP contribution in [0.4, 0.5) is 11.5 Å². The highest BCUT2D eigenvalue weighted by atomic mass is 35.5. The van der Waals surface area contributed by atoms with Crippen LogP contribution < -0.4 is 10.9 Å². The maximum absolute atomic E-state index is 11.4. The summed E-state index contributed by atoms with van der Waals surface area (Å²) in [4.78, 5) is 28.0. The zero-order chi connectivity index (χ0) is 12.6. The third-order valence-corrected chi connectivity index (χ3v) is 2.50. The van der Waals surface area contributed by atoms with Crippen LogP contribution in [0.3, 0.4) is 0 Å². The van der Waals surface area contributed by atoms with Crippen molar-refractivity contribution in [3.05, 3.63) is 37.6 Å². The quantitative estimate of drug-likeness (QED) is 0.625. The van der Waals surface area contributed by atoms with Gasteiger partial charge >= 0.3 is 0 Å². The van der Waals surface area contributed by atoms with Crippen LogP contribution in [-0.4, -0.2) is 21.9 Å². The average Bonchev–Trinajstić information content (AvgIpc) is 2.27. The minimum atomic E-state index is -0.619. The lowest BCUT2D eigenvalue weighted by atomic mass is 10.2. The highest BCUT2D eigenvalue weighted by Crippen LogP contribution is 2.27. The molecule has 0 saturated carbocycles. The lowest BCUT2D eigenvalue weighted by Crippen LogP contribution is -2.13. The van der Waals surface area contributed by atoms with Gasteiger partial charge in [-0.05, 0) is 6.07 Å². The predicted octanol–water partition coefficient (Wildman–Crippen LogP) is 1.53. The van der Waals surface area contributed by atoms with E-state index in [0.29, 0.717) is 5.52 Å². The van der Waals surface area contributed by atoms with Gasteiger partial charge in [0, 0.05) is 13.1 Å². The lowest BCUT2D eigenvalue weighted by Gasteiger charge is -2.02. The van der Waals surface area contributed by atoms with Crippen molar-refractivity contribution in [3.8, 4) is 0 Å². The third-order valence-electron chi connectivity index (χ3n) is 2.19. The van der Waals surface area contributed by atoms with Crippen LogP contribution in [0.1, 0.15) is 0 Å². The number of halogens is 1. The van der Waals surface area contributed by atoms with Gasteiger partial charge in [0.1, 0.15) is 5.02 Å². The van der Waals surface area contributed by atoms with Crippen LogP contribution in [-0.2, 0) is 0 Å². The molecule has 1 aromatic carbocycles. The first kappa shape index (κ1) is 11.3. The number of aromatic nitrogens is 2. The fourth-order valence-corrected chi connectivity index (χ4v) is 1.63. The van der Waals surface area contributed by atoms with Gasteiger partial charge in [-0.25, -0.2) is 4.98 Å². The normalized spacial score (nSPS) is 10.5. The second-order valence-electron chi connectivity index (χ2n) is 3.24. The van der Waals surface area contributed by atoms with Crippen LogP contribution >= 0.6 is 11.6 Å². The molecule has 2 aromatic rings. The van der Waals surface area contributed by atoms with Crippen molar-refractivity contribution >= 4 is 34.1 Å². The highest BCUT2D eigenvalue weighted by molar-refractivity contribution is 6.33. The van der Waals surface area contributed by atoms with Crippen molar-refractivity contribution in [1.82, 2.24) is 9.97 Å². The number of nitrogens with zero attached hydrogens (tertiary/aromatic N) is 2. The van der Waals surface area contributed by atoms with Crippen LogP contribution in [0.5, 0.6) is 0 Å². The Hall–Kier alpha value is -2.15. The van der Waals surface area contributed by atoms with E-state index in [1.54, 1.807) is 7.05 Å². The first-order chi connectivity index (χ1) is 8.02. The van der Waals surface area contributed by atoms with Gasteiger partial charge in [0.25, 0.3) is 11.2 Å². The second-order valence-corrected chi connectivity index (χ2v) is 3.65. The third kappa shape index (κ3) is 1.92. The summed E-state index contributed by atoms with van der Waals surface area (Å²) in [5, 5.41) is 13.3. The van der Waals surface area contributed by atoms with Gasteiger partial charge in [-0.15, -0.1) is 0 Å². The van der Waals surface area contributed by atoms with Gasteiger partial charge in [-0.1, -0.05) is 11.6 Å². The molecule has 2 N–H and O–H groups in total. The van der Waals surface area contributed by atoms with E-state index in [9.17, 15) is 14.9 Å². The molecule has 8 heteroatoms. The molecular weight excluding hydrogens is 248 g/mol. The monoisotopic (exact) mass is 254 g/mol. The van der Waals surface area contributed by atoms with Gasteiger partial charge in [-0.3, -0.25) is 14.9 Å². The Morgan fingerprint density at radius 2 is 2.24 bits per heavy atom. The highest BCUT2D eigenvalue weighted by Gasteiger charge is 2.15. The smallest absolute Gasteiger partial charge is 0.291 e. The van der Waals surface area contributed by atoms with E-state index >= 15 is 0 Å². The van der Waals surface area contributed by atoms with Crippen molar-refractivity contribution in [2.75, 3.05) is 12.4 Å². The largest absolute Gasteiger partial charge is 0.369 e. The second kappa shape index (κ2) is 4.02. The molecule has 0 aliphatic carbocycles. The number of rotatable bonds is 2. The molecule has 0 atom stereocenters. The molecule has 1 heterocycles. The molecule has 0 saturated heterocycles.